The maximum atomic E-state index is 12.6. The Morgan fingerprint density at radius 2 is 2.00 bits per heavy atom. The molecule has 0 saturated carbocycles. The summed E-state index contributed by atoms with van der Waals surface area (Å²) in [5, 5.41) is 19.0. The highest BCUT2D eigenvalue weighted by atomic mass is 35.5. The normalized spacial score (nSPS) is 17.8. The average Bonchev–Trinajstić information content (AvgIpc) is 3.21. The summed E-state index contributed by atoms with van der Waals surface area (Å²) in [5.74, 6) is 0.497. The second-order valence-corrected chi connectivity index (χ2v) is 7.54. The van der Waals surface area contributed by atoms with Crippen molar-refractivity contribution in [1.82, 2.24) is 19.8 Å². The molecule has 2 aromatic rings. The molecular formula is C20H19ClN6O4. The van der Waals surface area contributed by atoms with Crippen LogP contribution < -0.4 is 4.90 Å². The van der Waals surface area contributed by atoms with Gasteiger partial charge < -0.3 is 14.7 Å². The maximum Gasteiger partial charge on any atom is 0.411 e. The Labute approximate surface area is 183 Å². The molecule has 1 aromatic carbocycles. The lowest BCUT2D eigenvalue weighted by molar-refractivity contribution is 0.0850. The van der Waals surface area contributed by atoms with Crippen molar-refractivity contribution in [3.63, 3.8) is 0 Å². The van der Waals surface area contributed by atoms with Crippen LogP contribution in [0.1, 0.15) is 16.8 Å². The molecule has 1 atom stereocenters. The largest absolute Gasteiger partial charge is 0.465 e. The monoisotopic (exact) mass is 442 g/mol. The molecule has 0 radical (unpaired) electrons. The van der Waals surface area contributed by atoms with Crippen LogP contribution in [-0.2, 0) is 24.4 Å². The van der Waals surface area contributed by atoms with Crippen molar-refractivity contribution in [2.75, 3.05) is 24.5 Å². The molecule has 11 heteroatoms. The summed E-state index contributed by atoms with van der Waals surface area (Å²) in [6, 6.07) is 10.7. The van der Waals surface area contributed by atoms with E-state index in [2.05, 4.69) is 16.0 Å². The molecule has 1 fully saturated rings. The molecule has 0 spiro atoms. The predicted molar refractivity (Wildman–Crippen MR) is 109 cm³/mol. The van der Waals surface area contributed by atoms with Crippen LogP contribution in [0.15, 0.2) is 30.3 Å². The predicted octanol–water partition coefficient (Wildman–Crippen LogP) is 2.47. The van der Waals surface area contributed by atoms with Gasteiger partial charge in [0.1, 0.15) is 18.5 Å². The fraction of sp³-hybridized carbons (Fsp3) is 0.350. The number of halogens is 1. The minimum atomic E-state index is -1.05. The van der Waals surface area contributed by atoms with E-state index in [4.69, 9.17) is 16.3 Å². The molecule has 4 rings (SSSR count). The molecule has 10 nitrogen and oxygen atoms in total. The van der Waals surface area contributed by atoms with Crippen LogP contribution >= 0.6 is 11.6 Å². The number of benzene rings is 1. The first-order chi connectivity index (χ1) is 15.0. The molecule has 2 amide bonds. The van der Waals surface area contributed by atoms with Gasteiger partial charge in [-0.1, -0.05) is 30.3 Å². The van der Waals surface area contributed by atoms with Gasteiger partial charge in [-0.05, 0) is 17.2 Å². The van der Waals surface area contributed by atoms with E-state index in [0.29, 0.717) is 23.6 Å². The molecule has 1 saturated heterocycles. The number of anilines is 1. The van der Waals surface area contributed by atoms with Crippen LogP contribution in [0.25, 0.3) is 0 Å². The Morgan fingerprint density at radius 1 is 1.23 bits per heavy atom. The first-order valence-corrected chi connectivity index (χ1v) is 9.99. The zero-order valence-electron chi connectivity index (χ0n) is 16.4. The third-order valence-corrected chi connectivity index (χ3v) is 5.44. The number of amides is 2. The summed E-state index contributed by atoms with van der Waals surface area (Å²) in [4.78, 5) is 36.8. The molecule has 2 aliphatic rings. The van der Waals surface area contributed by atoms with Crippen molar-refractivity contribution in [1.29, 1.82) is 5.26 Å². The van der Waals surface area contributed by atoms with E-state index < -0.39 is 18.2 Å². The Morgan fingerprint density at radius 3 is 2.71 bits per heavy atom. The van der Waals surface area contributed by atoms with Crippen molar-refractivity contribution >= 4 is 29.6 Å². The standard InChI is InChI=1S/C20H19ClN6O4/c21-18-23-16-11-26(19(28)29)10-15(16)17(24-18)25-6-7-27(14(8-22)9-25)20(30)31-12-13-4-2-1-3-5-13/h1-5,14H,6-7,9-12H2,(H,28,29)/t14-/m0/s1. The highest BCUT2D eigenvalue weighted by Crippen LogP contribution is 2.31. The zero-order valence-corrected chi connectivity index (χ0v) is 17.2. The van der Waals surface area contributed by atoms with Gasteiger partial charge in [-0.2, -0.15) is 5.26 Å². The fourth-order valence-electron chi connectivity index (χ4n) is 3.71. The van der Waals surface area contributed by atoms with Crippen LogP contribution in [0, 0.1) is 11.3 Å². The third kappa shape index (κ3) is 4.32. The summed E-state index contributed by atoms with van der Waals surface area (Å²) in [6.07, 6.45) is -1.61. The summed E-state index contributed by atoms with van der Waals surface area (Å²) in [7, 11) is 0. The van der Waals surface area contributed by atoms with Crippen LogP contribution in [0.4, 0.5) is 15.4 Å². The number of nitriles is 1. The summed E-state index contributed by atoms with van der Waals surface area (Å²) in [6.45, 7) is 1.25. The average molecular weight is 443 g/mol. The number of fused-ring (bicyclic) bond motifs is 1. The lowest BCUT2D eigenvalue weighted by Crippen LogP contribution is -2.55. The van der Waals surface area contributed by atoms with Gasteiger partial charge >= 0.3 is 12.2 Å². The molecule has 0 bridgehead atoms. The van der Waals surface area contributed by atoms with Crippen molar-refractivity contribution in [3.8, 4) is 6.07 Å². The molecule has 0 unspecified atom stereocenters. The van der Waals surface area contributed by atoms with E-state index >= 15 is 0 Å². The second kappa shape index (κ2) is 8.65. The number of carboxylic acid groups (broad SMARTS) is 1. The summed E-state index contributed by atoms with van der Waals surface area (Å²) >= 11 is 6.06. The van der Waals surface area contributed by atoms with Gasteiger partial charge in [-0.25, -0.2) is 19.6 Å². The van der Waals surface area contributed by atoms with E-state index in [1.165, 1.54) is 9.80 Å². The Bertz CT molecular complexity index is 1040. The van der Waals surface area contributed by atoms with Crippen LogP contribution in [-0.4, -0.2) is 62.7 Å². The van der Waals surface area contributed by atoms with Gasteiger partial charge in [-0.15, -0.1) is 0 Å². The fourth-order valence-corrected chi connectivity index (χ4v) is 3.89. The highest BCUT2D eigenvalue weighted by molar-refractivity contribution is 6.28. The maximum absolute atomic E-state index is 12.6. The first kappa shape index (κ1) is 20.7. The van der Waals surface area contributed by atoms with E-state index in [9.17, 15) is 20.0 Å². The number of hydrogen-bond acceptors (Lipinski definition) is 7. The van der Waals surface area contributed by atoms with Crippen molar-refractivity contribution in [2.24, 2.45) is 0 Å². The van der Waals surface area contributed by atoms with E-state index in [0.717, 1.165) is 5.56 Å². The number of rotatable bonds is 3. The Hall–Kier alpha value is -3.58. The third-order valence-electron chi connectivity index (χ3n) is 5.27. The number of piperazine rings is 1. The number of carbonyl (C=O) groups is 2. The number of aromatic nitrogens is 2. The lowest BCUT2D eigenvalue weighted by atomic mass is 10.1. The van der Waals surface area contributed by atoms with Gasteiger partial charge in [-0.3, -0.25) is 9.80 Å². The van der Waals surface area contributed by atoms with Gasteiger partial charge in [0.05, 0.1) is 31.4 Å². The van der Waals surface area contributed by atoms with Gasteiger partial charge in [0.25, 0.3) is 0 Å². The van der Waals surface area contributed by atoms with E-state index in [-0.39, 0.29) is 38.1 Å². The quantitative estimate of drug-likeness (QED) is 0.719. The molecule has 1 N–H and O–H groups in total. The smallest absolute Gasteiger partial charge is 0.411 e. The van der Waals surface area contributed by atoms with Gasteiger partial charge in [0, 0.05) is 18.7 Å². The van der Waals surface area contributed by atoms with Crippen molar-refractivity contribution in [2.45, 2.75) is 25.7 Å². The van der Waals surface area contributed by atoms with E-state index in [1.807, 2.05) is 35.2 Å². The molecule has 160 valence electrons. The Kier molecular flexibility index (Phi) is 5.77. The molecule has 31 heavy (non-hydrogen) atoms. The molecular weight excluding hydrogens is 424 g/mol. The molecule has 2 aliphatic heterocycles. The second-order valence-electron chi connectivity index (χ2n) is 7.20. The molecule has 0 aliphatic carbocycles. The summed E-state index contributed by atoms with van der Waals surface area (Å²) < 4.78 is 5.37. The van der Waals surface area contributed by atoms with Crippen LogP contribution in [0.2, 0.25) is 5.28 Å². The Balaban J connectivity index is 1.47. The topological polar surface area (TPSA) is 123 Å². The van der Waals surface area contributed by atoms with Crippen molar-refractivity contribution < 1.29 is 19.4 Å². The summed E-state index contributed by atoms with van der Waals surface area (Å²) in [5.41, 5.74) is 2.08. The minimum Gasteiger partial charge on any atom is -0.465 e. The number of carbonyl (C=O) groups excluding carboxylic acids is 1. The van der Waals surface area contributed by atoms with E-state index in [1.54, 1.807) is 0 Å². The van der Waals surface area contributed by atoms with Gasteiger partial charge in [0.15, 0.2) is 0 Å². The van der Waals surface area contributed by atoms with Crippen LogP contribution in [0.3, 0.4) is 0 Å². The minimum absolute atomic E-state index is 0.0131. The molecule has 3 heterocycles. The van der Waals surface area contributed by atoms with Crippen LogP contribution in [0.5, 0.6) is 0 Å². The number of nitrogens with zero attached hydrogens (tertiary/aromatic N) is 6. The first-order valence-electron chi connectivity index (χ1n) is 9.61. The highest BCUT2D eigenvalue weighted by Gasteiger charge is 2.36. The number of hydrogen-bond donors (Lipinski definition) is 1. The zero-order chi connectivity index (χ0) is 22.0. The SMILES string of the molecule is N#C[C@H]1CN(c2nc(Cl)nc3c2CN(C(=O)O)C3)CCN1C(=O)OCc1ccccc1. The van der Waals surface area contributed by atoms with Gasteiger partial charge in [0.2, 0.25) is 5.28 Å². The van der Waals surface area contributed by atoms with Crippen molar-refractivity contribution in [3.05, 3.63) is 52.4 Å². The number of ether oxygens (including phenoxy) is 1. The molecule has 1 aromatic heterocycles. The lowest BCUT2D eigenvalue weighted by Gasteiger charge is -2.38.